The Morgan fingerprint density at radius 2 is 1.79 bits per heavy atom. The molecule has 3 rings (SSSR count). The third kappa shape index (κ3) is 5.35. The number of nitrogens with one attached hydrogen (secondary N) is 2. The second kappa shape index (κ2) is 8.31. The fourth-order valence-corrected chi connectivity index (χ4v) is 4.63. The Labute approximate surface area is 176 Å². The SMILES string of the molecule is O=S(=O)(NC[C@@]1(c2ccc(Cl)c(Cl)c2)CCNC1)c1ccc(OC(F)(F)F)cc1. The third-order valence-corrected chi connectivity index (χ3v) is 6.90. The van der Waals surface area contributed by atoms with Crippen molar-refractivity contribution in [3.05, 3.63) is 58.1 Å². The van der Waals surface area contributed by atoms with Gasteiger partial charge in [-0.15, -0.1) is 13.2 Å². The fourth-order valence-electron chi connectivity index (χ4n) is 3.21. The van der Waals surface area contributed by atoms with E-state index < -0.39 is 27.6 Å². The van der Waals surface area contributed by atoms with Crippen LogP contribution in [-0.4, -0.2) is 34.4 Å². The van der Waals surface area contributed by atoms with Gasteiger partial charge in [-0.1, -0.05) is 29.3 Å². The van der Waals surface area contributed by atoms with E-state index in [1.54, 1.807) is 18.2 Å². The lowest BCUT2D eigenvalue weighted by Gasteiger charge is -2.29. The molecule has 1 aliphatic heterocycles. The van der Waals surface area contributed by atoms with Gasteiger partial charge in [0.2, 0.25) is 10.0 Å². The third-order valence-electron chi connectivity index (χ3n) is 4.74. The molecule has 0 aromatic heterocycles. The number of hydrogen-bond acceptors (Lipinski definition) is 4. The summed E-state index contributed by atoms with van der Waals surface area (Å²) >= 11 is 12.1. The van der Waals surface area contributed by atoms with Gasteiger partial charge in [0, 0.05) is 18.5 Å². The van der Waals surface area contributed by atoms with Gasteiger partial charge in [-0.05, 0) is 54.9 Å². The highest BCUT2D eigenvalue weighted by molar-refractivity contribution is 7.89. The van der Waals surface area contributed by atoms with E-state index in [9.17, 15) is 21.6 Å². The number of ether oxygens (including phenoxy) is 1. The zero-order chi connectivity index (χ0) is 21.3. The molecular formula is C18H17Cl2F3N2O3S. The van der Waals surface area contributed by atoms with Crippen LogP contribution in [-0.2, 0) is 15.4 Å². The first kappa shape index (κ1) is 22.2. The largest absolute Gasteiger partial charge is 0.573 e. The molecule has 0 spiro atoms. The number of hydrogen-bond donors (Lipinski definition) is 2. The van der Waals surface area contributed by atoms with Crippen molar-refractivity contribution in [1.29, 1.82) is 0 Å². The summed E-state index contributed by atoms with van der Waals surface area (Å²) in [6.07, 6.45) is -4.17. The summed E-state index contributed by atoms with van der Waals surface area (Å²) in [6.45, 7) is 1.32. The molecule has 1 heterocycles. The van der Waals surface area contributed by atoms with E-state index in [0.29, 0.717) is 29.6 Å². The molecule has 0 aliphatic carbocycles. The minimum Gasteiger partial charge on any atom is -0.406 e. The van der Waals surface area contributed by atoms with Crippen LogP contribution in [0.2, 0.25) is 10.0 Å². The Bertz CT molecular complexity index is 977. The maximum absolute atomic E-state index is 12.6. The van der Waals surface area contributed by atoms with Crippen LogP contribution in [0.1, 0.15) is 12.0 Å². The van der Waals surface area contributed by atoms with E-state index in [1.807, 2.05) is 0 Å². The topological polar surface area (TPSA) is 67.4 Å². The Kier molecular flexibility index (Phi) is 6.35. The first-order valence-electron chi connectivity index (χ1n) is 8.53. The van der Waals surface area contributed by atoms with Gasteiger partial charge in [-0.2, -0.15) is 0 Å². The van der Waals surface area contributed by atoms with Crippen LogP contribution in [0.4, 0.5) is 13.2 Å². The Balaban J connectivity index is 1.78. The number of sulfonamides is 1. The summed E-state index contributed by atoms with van der Waals surface area (Å²) in [6, 6.07) is 9.20. The van der Waals surface area contributed by atoms with Crippen molar-refractivity contribution in [2.45, 2.75) is 23.1 Å². The van der Waals surface area contributed by atoms with Crippen LogP contribution in [0.25, 0.3) is 0 Å². The molecule has 0 unspecified atom stereocenters. The minimum atomic E-state index is -4.85. The molecule has 2 aromatic carbocycles. The van der Waals surface area contributed by atoms with E-state index >= 15 is 0 Å². The van der Waals surface area contributed by atoms with Gasteiger partial charge in [0.1, 0.15) is 5.75 Å². The smallest absolute Gasteiger partial charge is 0.406 e. The normalized spacial score (nSPS) is 20.0. The molecule has 1 aliphatic rings. The number of halogens is 5. The fraction of sp³-hybridized carbons (Fsp3) is 0.333. The number of alkyl halides is 3. The molecule has 158 valence electrons. The van der Waals surface area contributed by atoms with Crippen molar-refractivity contribution in [3.63, 3.8) is 0 Å². The average Bonchev–Trinajstić information content (AvgIpc) is 3.12. The van der Waals surface area contributed by atoms with Crippen LogP contribution in [0.15, 0.2) is 47.4 Å². The number of rotatable bonds is 6. The molecule has 29 heavy (non-hydrogen) atoms. The first-order valence-corrected chi connectivity index (χ1v) is 10.8. The second-order valence-corrected chi connectivity index (χ2v) is 9.26. The van der Waals surface area contributed by atoms with Gasteiger partial charge in [0.05, 0.1) is 14.9 Å². The molecule has 1 fully saturated rings. The monoisotopic (exact) mass is 468 g/mol. The summed E-state index contributed by atoms with van der Waals surface area (Å²) in [4.78, 5) is -0.165. The second-order valence-electron chi connectivity index (χ2n) is 6.68. The Hall–Kier alpha value is -1.52. The Morgan fingerprint density at radius 3 is 2.34 bits per heavy atom. The average molecular weight is 469 g/mol. The Morgan fingerprint density at radius 1 is 1.10 bits per heavy atom. The molecule has 1 saturated heterocycles. The molecule has 1 atom stereocenters. The van der Waals surface area contributed by atoms with Gasteiger partial charge < -0.3 is 10.1 Å². The van der Waals surface area contributed by atoms with Gasteiger partial charge >= 0.3 is 6.36 Å². The lowest BCUT2D eigenvalue weighted by molar-refractivity contribution is -0.274. The van der Waals surface area contributed by atoms with Crippen molar-refractivity contribution in [2.75, 3.05) is 19.6 Å². The molecule has 0 radical (unpaired) electrons. The van der Waals surface area contributed by atoms with E-state index in [1.165, 1.54) is 0 Å². The van der Waals surface area contributed by atoms with Crippen LogP contribution in [0.3, 0.4) is 0 Å². The summed E-state index contributed by atoms with van der Waals surface area (Å²) in [7, 11) is -3.95. The predicted molar refractivity (Wildman–Crippen MR) is 104 cm³/mol. The van der Waals surface area contributed by atoms with Gasteiger partial charge in [0.15, 0.2) is 0 Å². The van der Waals surface area contributed by atoms with Crippen molar-refractivity contribution in [2.24, 2.45) is 0 Å². The van der Waals surface area contributed by atoms with Gasteiger partial charge in [-0.25, -0.2) is 13.1 Å². The molecule has 0 bridgehead atoms. The van der Waals surface area contributed by atoms with Crippen molar-refractivity contribution < 1.29 is 26.3 Å². The number of benzene rings is 2. The zero-order valence-corrected chi connectivity index (χ0v) is 17.2. The zero-order valence-electron chi connectivity index (χ0n) is 14.9. The summed E-state index contributed by atoms with van der Waals surface area (Å²) in [5, 5.41) is 3.99. The lowest BCUT2D eigenvalue weighted by Crippen LogP contribution is -2.42. The van der Waals surface area contributed by atoms with Gasteiger partial charge in [0.25, 0.3) is 0 Å². The van der Waals surface area contributed by atoms with Crippen LogP contribution >= 0.6 is 23.2 Å². The first-order chi connectivity index (χ1) is 13.5. The van der Waals surface area contributed by atoms with E-state index in [2.05, 4.69) is 14.8 Å². The molecule has 2 aromatic rings. The summed E-state index contributed by atoms with van der Waals surface area (Å²) in [5.41, 5.74) is 0.314. The molecule has 2 N–H and O–H groups in total. The van der Waals surface area contributed by atoms with Crippen LogP contribution < -0.4 is 14.8 Å². The lowest BCUT2D eigenvalue weighted by atomic mass is 9.80. The molecule has 11 heteroatoms. The van der Waals surface area contributed by atoms with E-state index in [0.717, 1.165) is 29.8 Å². The van der Waals surface area contributed by atoms with E-state index in [-0.39, 0.29) is 11.4 Å². The summed E-state index contributed by atoms with van der Waals surface area (Å²) in [5.74, 6) is -0.497. The van der Waals surface area contributed by atoms with Crippen LogP contribution in [0, 0.1) is 0 Å². The molecular weight excluding hydrogens is 452 g/mol. The van der Waals surface area contributed by atoms with Gasteiger partial charge in [-0.3, -0.25) is 0 Å². The molecule has 0 amide bonds. The minimum absolute atomic E-state index is 0.0844. The highest BCUT2D eigenvalue weighted by Crippen LogP contribution is 2.34. The quantitative estimate of drug-likeness (QED) is 0.669. The standard InChI is InChI=1S/C18H17Cl2F3N2O3S/c19-15-6-1-12(9-16(15)20)17(7-8-24-10-17)11-25-29(26,27)14-4-2-13(3-5-14)28-18(21,22)23/h1-6,9,24-25H,7-8,10-11H2/t17-/m1/s1. The predicted octanol–water partition coefficient (Wildman–Crippen LogP) is 4.10. The highest BCUT2D eigenvalue weighted by Gasteiger charge is 2.37. The molecule has 0 saturated carbocycles. The van der Waals surface area contributed by atoms with Crippen LogP contribution in [0.5, 0.6) is 5.75 Å². The van der Waals surface area contributed by atoms with E-state index in [4.69, 9.17) is 23.2 Å². The summed E-state index contributed by atoms with van der Waals surface area (Å²) < 4.78 is 68.3. The maximum Gasteiger partial charge on any atom is 0.573 e. The van der Waals surface area contributed by atoms with Crippen molar-refractivity contribution in [3.8, 4) is 5.75 Å². The molecule has 5 nitrogen and oxygen atoms in total. The highest BCUT2D eigenvalue weighted by atomic mass is 35.5. The maximum atomic E-state index is 12.6. The van der Waals surface area contributed by atoms with Crippen molar-refractivity contribution >= 4 is 33.2 Å². The van der Waals surface area contributed by atoms with Crippen molar-refractivity contribution in [1.82, 2.24) is 10.0 Å².